The molecular formula is C16H14Br2FN. The molecule has 1 N–H and O–H groups in total. The van der Waals surface area contributed by atoms with Crippen molar-refractivity contribution in [2.24, 2.45) is 0 Å². The third kappa shape index (κ3) is 2.69. The molecule has 0 unspecified atom stereocenters. The second kappa shape index (κ2) is 5.58. The third-order valence-electron chi connectivity index (χ3n) is 3.90. The first-order chi connectivity index (χ1) is 9.59. The molecule has 2 aromatic rings. The molecule has 0 radical (unpaired) electrons. The molecule has 0 aromatic heterocycles. The van der Waals surface area contributed by atoms with Crippen molar-refractivity contribution in [2.45, 2.75) is 11.8 Å². The van der Waals surface area contributed by atoms with Gasteiger partial charge in [0.1, 0.15) is 5.82 Å². The van der Waals surface area contributed by atoms with E-state index in [0.717, 1.165) is 34.0 Å². The van der Waals surface area contributed by atoms with E-state index < -0.39 is 0 Å². The molecule has 0 amide bonds. The SMILES string of the molecule is Fc1ccc(Br)c(CC2(c3cccc(Br)c3)CNC2)c1. The van der Waals surface area contributed by atoms with Crippen molar-refractivity contribution in [3.05, 3.63) is 68.4 Å². The minimum atomic E-state index is -0.181. The molecule has 3 rings (SSSR count). The fourth-order valence-corrected chi connectivity index (χ4v) is 3.51. The lowest BCUT2D eigenvalue weighted by atomic mass is 9.71. The average molecular weight is 399 g/mol. The highest BCUT2D eigenvalue weighted by Crippen LogP contribution is 2.35. The Morgan fingerprint density at radius 2 is 1.90 bits per heavy atom. The molecule has 0 saturated carbocycles. The van der Waals surface area contributed by atoms with Crippen molar-refractivity contribution in [2.75, 3.05) is 13.1 Å². The minimum absolute atomic E-state index is 0.0556. The van der Waals surface area contributed by atoms with E-state index in [9.17, 15) is 4.39 Å². The van der Waals surface area contributed by atoms with E-state index in [1.165, 1.54) is 11.6 Å². The molecule has 1 fully saturated rings. The molecule has 20 heavy (non-hydrogen) atoms. The maximum absolute atomic E-state index is 13.5. The van der Waals surface area contributed by atoms with Gasteiger partial charge < -0.3 is 5.32 Å². The lowest BCUT2D eigenvalue weighted by Crippen LogP contribution is -2.58. The molecule has 0 atom stereocenters. The van der Waals surface area contributed by atoms with Crippen LogP contribution >= 0.6 is 31.9 Å². The molecule has 104 valence electrons. The fourth-order valence-electron chi connectivity index (χ4n) is 2.72. The predicted octanol–water partition coefficient (Wildman–Crippen LogP) is 4.43. The van der Waals surface area contributed by atoms with Crippen LogP contribution in [0.4, 0.5) is 4.39 Å². The van der Waals surface area contributed by atoms with Crippen molar-refractivity contribution < 1.29 is 4.39 Å². The lowest BCUT2D eigenvalue weighted by Gasteiger charge is -2.44. The van der Waals surface area contributed by atoms with Crippen molar-refractivity contribution in [1.29, 1.82) is 0 Å². The van der Waals surface area contributed by atoms with Crippen LogP contribution in [0.2, 0.25) is 0 Å². The van der Waals surface area contributed by atoms with Gasteiger partial charge in [0.2, 0.25) is 0 Å². The monoisotopic (exact) mass is 397 g/mol. The molecule has 2 aromatic carbocycles. The summed E-state index contributed by atoms with van der Waals surface area (Å²) in [7, 11) is 0. The average Bonchev–Trinajstić information content (AvgIpc) is 2.38. The van der Waals surface area contributed by atoms with Crippen LogP contribution in [-0.4, -0.2) is 13.1 Å². The Kier molecular flexibility index (Phi) is 3.98. The zero-order valence-electron chi connectivity index (χ0n) is 10.8. The lowest BCUT2D eigenvalue weighted by molar-refractivity contribution is 0.274. The van der Waals surface area contributed by atoms with E-state index in [4.69, 9.17) is 0 Å². The molecule has 0 aliphatic carbocycles. The summed E-state index contributed by atoms with van der Waals surface area (Å²) < 4.78 is 15.5. The topological polar surface area (TPSA) is 12.0 Å². The zero-order chi connectivity index (χ0) is 14.2. The standard InChI is InChI=1S/C16H14Br2FN/c17-13-3-1-2-12(7-13)16(9-20-10-16)8-11-6-14(19)4-5-15(11)18/h1-7,20H,8-10H2. The van der Waals surface area contributed by atoms with Crippen LogP contribution in [-0.2, 0) is 11.8 Å². The number of hydrogen-bond acceptors (Lipinski definition) is 1. The molecular weight excluding hydrogens is 385 g/mol. The Balaban J connectivity index is 1.96. The van der Waals surface area contributed by atoms with Crippen LogP contribution in [0, 0.1) is 5.82 Å². The van der Waals surface area contributed by atoms with Gasteiger partial charge in [-0.1, -0.05) is 44.0 Å². The van der Waals surface area contributed by atoms with Gasteiger partial charge in [-0.3, -0.25) is 0 Å². The van der Waals surface area contributed by atoms with Gasteiger partial charge in [-0.15, -0.1) is 0 Å². The molecule has 4 heteroatoms. The highest BCUT2D eigenvalue weighted by molar-refractivity contribution is 9.10. The first kappa shape index (κ1) is 14.2. The van der Waals surface area contributed by atoms with Crippen LogP contribution in [0.15, 0.2) is 51.4 Å². The van der Waals surface area contributed by atoms with Crippen LogP contribution in [0.25, 0.3) is 0 Å². The van der Waals surface area contributed by atoms with E-state index in [0.29, 0.717) is 0 Å². The number of rotatable bonds is 3. The second-order valence-corrected chi connectivity index (χ2v) is 7.08. The van der Waals surface area contributed by atoms with Crippen molar-refractivity contribution >= 4 is 31.9 Å². The van der Waals surface area contributed by atoms with Crippen LogP contribution in [0.5, 0.6) is 0 Å². The predicted molar refractivity (Wildman–Crippen MR) is 86.5 cm³/mol. The smallest absolute Gasteiger partial charge is 0.123 e. The Hall–Kier alpha value is -0.710. The highest BCUT2D eigenvalue weighted by atomic mass is 79.9. The molecule has 1 saturated heterocycles. The third-order valence-corrected chi connectivity index (χ3v) is 5.17. The number of halogens is 3. The summed E-state index contributed by atoms with van der Waals surface area (Å²) in [6, 6.07) is 13.3. The van der Waals surface area contributed by atoms with E-state index in [1.54, 1.807) is 12.1 Å². The van der Waals surface area contributed by atoms with E-state index in [2.05, 4.69) is 55.4 Å². The van der Waals surface area contributed by atoms with Crippen LogP contribution in [0.1, 0.15) is 11.1 Å². The summed E-state index contributed by atoms with van der Waals surface area (Å²) in [5.74, 6) is -0.181. The van der Waals surface area contributed by atoms with Gasteiger partial charge in [0, 0.05) is 27.4 Å². The van der Waals surface area contributed by atoms with Crippen LogP contribution in [0.3, 0.4) is 0 Å². The summed E-state index contributed by atoms with van der Waals surface area (Å²) in [6.45, 7) is 1.85. The Labute approximate surface area is 134 Å². The van der Waals surface area contributed by atoms with Gasteiger partial charge in [-0.2, -0.15) is 0 Å². The minimum Gasteiger partial charge on any atom is -0.315 e. The zero-order valence-corrected chi connectivity index (χ0v) is 14.0. The normalized spacial score (nSPS) is 16.8. The number of hydrogen-bond donors (Lipinski definition) is 1. The summed E-state index contributed by atoms with van der Waals surface area (Å²) in [5.41, 5.74) is 2.37. The summed E-state index contributed by atoms with van der Waals surface area (Å²) >= 11 is 7.06. The van der Waals surface area contributed by atoms with Crippen LogP contribution < -0.4 is 5.32 Å². The Morgan fingerprint density at radius 1 is 1.10 bits per heavy atom. The summed E-state index contributed by atoms with van der Waals surface area (Å²) in [4.78, 5) is 0. The first-order valence-electron chi connectivity index (χ1n) is 6.50. The van der Waals surface area contributed by atoms with E-state index in [-0.39, 0.29) is 11.2 Å². The summed E-state index contributed by atoms with van der Waals surface area (Å²) in [6.07, 6.45) is 0.828. The van der Waals surface area contributed by atoms with E-state index >= 15 is 0 Å². The first-order valence-corrected chi connectivity index (χ1v) is 8.08. The maximum Gasteiger partial charge on any atom is 0.123 e. The molecule has 1 nitrogen and oxygen atoms in total. The molecule has 0 spiro atoms. The fraction of sp³-hybridized carbons (Fsp3) is 0.250. The van der Waals surface area contributed by atoms with Gasteiger partial charge in [-0.05, 0) is 47.9 Å². The summed E-state index contributed by atoms with van der Waals surface area (Å²) in [5, 5.41) is 3.35. The number of nitrogens with one attached hydrogen (secondary N) is 1. The maximum atomic E-state index is 13.5. The van der Waals surface area contributed by atoms with Crippen molar-refractivity contribution in [3.63, 3.8) is 0 Å². The molecule has 1 aliphatic heterocycles. The number of benzene rings is 2. The van der Waals surface area contributed by atoms with Gasteiger partial charge in [0.05, 0.1) is 0 Å². The highest BCUT2D eigenvalue weighted by Gasteiger charge is 2.39. The van der Waals surface area contributed by atoms with Gasteiger partial charge in [-0.25, -0.2) is 4.39 Å². The Morgan fingerprint density at radius 3 is 2.55 bits per heavy atom. The van der Waals surface area contributed by atoms with Gasteiger partial charge in [0.15, 0.2) is 0 Å². The van der Waals surface area contributed by atoms with Crippen molar-refractivity contribution in [3.8, 4) is 0 Å². The van der Waals surface area contributed by atoms with Gasteiger partial charge in [0.25, 0.3) is 0 Å². The quantitative estimate of drug-likeness (QED) is 0.806. The molecule has 1 heterocycles. The molecule has 1 aliphatic rings. The van der Waals surface area contributed by atoms with E-state index in [1.807, 2.05) is 6.07 Å². The Bertz CT molecular complexity index is 638. The van der Waals surface area contributed by atoms with Gasteiger partial charge >= 0.3 is 0 Å². The molecule has 0 bridgehead atoms. The second-order valence-electron chi connectivity index (χ2n) is 5.31. The van der Waals surface area contributed by atoms with Crippen molar-refractivity contribution in [1.82, 2.24) is 5.32 Å². The largest absolute Gasteiger partial charge is 0.315 e.